The van der Waals surface area contributed by atoms with Gasteiger partial charge in [-0.2, -0.15) is 0 Å². The minimum Gasteiger partial charge on any atom is -0.461 e. The SMILES string of the molecule is CC(C)CC(C/C=C1\C[C@@](COCc2ccccc2)(COC(=O)C(C)(C)C)OC1=O)CC(C)C. The highest BCUT2D eigenvalue weighted by atomic mass is 16.6. The summed E-state index contributed by atoms with van der Waals surface area (Å²) < 4.78 is 17.4. The smallest absolute Gasteiger partial charge is 0.334 e. The lowest BCUT2D eigenvalue weighted by Gasteiger charge is -2.28. The summed E-state index contributed by atoms with van der Waals surface area (Å²) in [5.41, 5.74) is 0.0700. The first-order valence-corrected chi connectivity index (χ1v) is 12.6. The Labute approximate surface area is 206 Å². The van der Waals surface area contributed by atoms with Crippen LogP contribution in [-0.4, -0.2) is 30.8 Å². The second-order valence-electron chi connectivity index (χ2n) is 11.6. The van der Waals surface area contributed by atoms with Crippen LogP contribution in [0.3, 0.4) is 0 Å². The molecule has 0 saturated carbocycles. The summed E-state index contributed by atoms with van der Waals surface area (Å²) in [6.07, 6.45) is 5.54. The molecule has 1 aromatic rings. The molecular formula is C29H44O5. The number of rotatable bonds is 12. The maximum absolute atomic E-state index is 12.8. The Bertz CT molecular complexity index is 809. The van der Waals surface area contributed by atoms with Crippen molar-refractivity contribution in [3.05, 3.63) is 47.5 Å². The Hall–Kier alpha value is -2.14. The number of hydrogen-bond acceptors (Lipinski definition) is 5. The Kier molecular flexibility index (Phi) is 10.4. The van der Waals surface area contributed by atoms with Gasteiger partial charge in [-0.15, -0.1) is 0 Å². The lowest BCUT2D eigenvalue weighted by atomic mass is 9.86. The summed E-state index contributed by atoms with van der Waals surface area (Å²) >= 11 is 0. The Morgan fingerprint density at radius 3 is 2.24 bits per heavy atom. The van der Waals surface area contributed by atoms with Crippen molar-refractivity contribution in [3.8, 4) is 0 Å². The van der Waals surface area contributed by atoms with E-state index in [0.717, 1.165) is 24.8 Å². The van der Waals surface area contributed by atoms with E-state index in [2.05, 4.69) is 27.7 Å². The molecular weight excluding hydrogens is 428 g/mol. The van der Waals surface area contributed by atoms with Crippen LogP contribution in [0.2, 0.25) is 0 Å². The number of cyclic esters (lactones) is 1. The third kappa shape index (κ3) is 9.25. The lowest BCUT2D eigenvalue weighted by Crippen LogP contribution is -2.41. The van der Waals surface area contributed by atoms with Gasteiger partial charge in [0.1, 0.15) is 6.61 Å². The van der Waals surface area contributed by atoms with Crippen LogP contribution in [0, 0.1) is 23.2 Å². The van der Waals surface area contributed by atoms with Crippen LogP contribution in [0.25, 0.3) is 0 Å². The normalized spacial score (nSPS) is 19.9. The quantitative estimate of drug-likeness (QED) is 0.257. The summed E-state index contributed by atoms with van der Waals surface area (Å²) in [5.74, 6) is 1.10. The highest BCUT2D eigenvalue weighted by molar-refractivity contribution is 5.91. The molecule has 0 bridgehead atoms. The van der Waals surface area contributed by atoms with Crippen molar-refractivity contribution < 1.29 is 23.8 Å². The minimum absolute atomic E-state index is 0.0115. The molecule has 0 unspecified atom stereocenters. The number of hydrogen-bond donors (Lipinski definition) is 0. The molecule has 2 rings (SSSR count). The topological polar surface area (TPSA) is 61.8 Å². The Morgan fingerprint density at radius 1 is 1.06 bits per heavy atom. The monoisotopic (exact) mass is 472 g/mol. The number of esters is 2. The van der Waals surface area contributed by atoms with E-state index in [-0.39, 0.29) is 25.2 Å². The molecule has 1 saturated heterocycles. The van der Waals surface area contributed by atoms with E-state index in [1.165, 1.54) is 0 Å². The molecule has 0 N–H and O–H groups in total. The van der Waals surface area contributed by atoms with Gasteiger partial charge in [0.2, 0.25) is 0 Å². The van der Waals surface area contributed by atoms with Crippen molar-refractivity contribution in [2.24, 2.45) is 23.2 Å². The lowest BCUT2D eigenvalue weighted by molar-refractivity contribution is -0.174. The standard InChI is InChI=1S/C29H44O5/c1-21(2)15-24(16-22(3)4)13-14-25-17-29(34-26(25)30,20-33-27(31)28(5,6)7)19-32-18-23-11-9-8-10-12-23/h8-12,14,21-22,24H,13,15-20H2,1-7H3/b25-14+/t29-/m1/s1. The molecule has 0 aromatic heterocycles. The number of carbonyl (C=O) groups is 2. The maximum Gasteiger partial charge on any atom is 0.334 e. The van der Waals surface area contributed by atoms with E-state index >= 15 is 0 Å². The highest BCUT2D eigenvalue weighted by Crippen LogP contribution is 2.34. The van der Waals surface area contributed by atoms with Crippen LogP contribution >= 0.6 is 0 Å². The van der Waals surface area contributed by atoms with Crippen LogP contribution in [0.4, 0.5) is 0 Å². The average molecular weight is 473 g/mol. The number of benzene rings is 1. The minimum atomic E-state index is -0.996. The van der Waals surface area contributed by atoms with Crippen molar-refractivity contribution in [1.82, 2.24) is 0 Å². The molecule has 1 aromatic carbocycles. The summed E-state index contributed by atoms with van der Waals surface area (Å²) in [6.45, 7) is 14.9. The van der Waals surface area contributed by atoms with E-state index in [1.54, 1.807) is 0 Å². The second-order valence-corrected chi connectivity index (χ2v) is 11.6. The average Bonchev–Trinajstić information content (AvgIpc) is 3.05. The van der Waals surface area contributed by atoms with Crippen LogP contribution in [-0.2, 0) is 30.4 Å². The van der Waals surface area contributed by atoms with Gasteiger partial charge in [0.05, 0.1) is 18.6 Å². The predicted octanol–water partition coefficient (Wildman–Crippen LogP) is 6.50. The molecule has 5 nitrogen and oxygen atoms in total. The van der Waals surface area contributed by atoms with Gasteiger partial charge in [-0.3, -0.25) is 4.79 Å². The van der Waals surface area contributed by atoms with Gasteiger partial charge in [0.25, 0.3) is 0 Å². The number of ether oxygens (including phenoxy) is 3. The van der Waals surface area contributed by atoms with Gasteiger partial charge in [-0.05, 0) is 63.4 Å². The van der Waals surface area contributed by atoms with Crippen molar-refractivity contribution >= 4 is 11.9 Å². The first-order valence-electron chi connectivity index (χ1n) is 12.6. The molecule has 0 amide bonds. The molecule has 1 fully saturated rings. The largest absolute Gasteiger partial charge is 0.461 e. The zero-order valence-corrected chi connectivity index (χ0v) is 22.2. The summed E-state index contributed by atoms with van der Waals surface area (Å²) in [5, 5.41) is 0. The van der Waals surface area contributed by atoms with Gasteiger partial charge in [0.15, 0.2) is 5.60 Å². The van der Waals surface area contributed by atoms with Crippen LogP contribution in [0.5, 0.6) is 0 Å². The third-order valence-electron chi connectivity index (χ3n) is 5.95. The zero-order chi connectivity index (χ0) is 25.4. The molecule has 1 heterocycles. The van der Waals surface area contributed by atoms with Crippen molar-refractivity contribution in [3.63, 3.8) is 0 Å². The summed E-state index contributed by atoms with van der Waals surface area (Å²) in [6, 6.07) is 9.85. The highest BCUT2D eigenvalue weighted by Gasteiger charge is 2.46. The fourth-order valence-corrected chi connectivity index (χ4v) is 4.35. The second kappa shape index (κ2) is 12.5. The molecule has 0 aliphatic carbocycles. The van der Waals surface area contributed by atoms with E-state index in [0.29, 0.717) is 36.4 Å². The van der Waals surface area contributed by atoms with Gasteiger partial charge in [0, 0.05) is 12.0 Å². The van der Waals surface area contributed by atoms with Crippen molar-refractivity contribution in [2.45, 2.75) is 86.4 Å². The molecule has 5 heteroatoms. The maximum atomic E-state index is 12.8. The van der Waals surface area contributed by atoms with Crippen LogP contribution < -0.4 is 0 Å². The number of carbonyl (C=O) groups excluding carboxylic acids is 2. The molecule has 190 valence electrons. The van der Waals surface area contributed by atoms with Gasteiger partial charge >= 0.3 is 11.9 Å². The predicted molar refractivity (Wildman–Crippen MR) is 135 cm³/mol. The Balaban J connectivity index is 2.12. The van der Waals surface area contributed by atoms with Gasteiger partial charge in [-0.25, -0.2) is 4.79 Å². The first-order chi connectivity index (χ1) is 15.9. The van der Waals surface area contributed by atoms with Crippen molar-refractivity contribution in [2.75, 3.05) is 13.2 Å². The van der Waals surface area contributed by atoms with Gasteiger partial charge in [-0.1, -0.05) is 64.1 Å². The van der Waals surface area contributed by atoms with E-state index < -0.39 is 11.0 Å². The van der Waals surface area contributed by atoms with E-state index in [9.17, 15) is 9.59 Å². The summed E-state index contributed by atoms with van der Waals surface area (Å²) in [4.78, 5) is 25.3. The molecule has 0 spiro atoms. The zero-order valence-electron chi connectivity index (χ0n) is 22.2. The molecule has 1 atom stereocenters. The fraction of sp³-hybridized carbons (Fsp3) is 0.655. The molecule has 1 aliphatic heterocycles. The third-order valence-corrected chi connectivity index (χ3v) is 5.95. The Morgan fingerprint density at radius 2 is 1.68 bits per heavy atom. The molecule has 1 aliphatic rings. The van der Waals surface area contributed by atoms with Gasteiger partial charge < -0.3 is 14.2 Å². The fourth-order valence-electron chi connectivity index (χ4n) is 4.35. The van der Waals surface area contributed by atoms with Crippen LogP contribution in [0.15, 0.2) is 42.0 Å². The van der Waals surface area contributed by atoms with Crippen LogP contribution in [0.1, 0.15) is 79.7 Å². The molecule has 34 heavy (non-hydrogen) atoms. The van der Waals surface area contributed by atoms with E-state index in [4.69, 9.17) is 14.2 Å². The molecule has 0 radical (unpaired) electrons. The number of allylic oxidation sites excluding steroid dienone is 1. The van der Waals surface area contributed by atoms with E-state index in [1.807, 2.05) is 57.2 Å². The summed E-state index contributed by atoms with van der Waals surface area (Å²) in [7, 11) is 0. The first kappa shape index (κ1) is 28.1. The van der Waals surface area contributed by atoms with Crippen molar-refractivity contribution in [1.29, 1.82) is 0 Å².